The Hall–Kier alpha value is -3.92. The van der Waals surface area contributed by atoms with Gasteiger partial charge in [0.25, 0.3) is 5.91 Å². The molecule has 4 aromatic carbocycles. The summed E-state index contributed by atoms with van der Waals surface area (Å²) < 4.78 is 5.30. The monoisotopic (exact) mass is 395 g/mol. The molecule has 0 aliphatic heterocycles. The number of fused-ring (bicyclic) bond motifs is 1. The van der Waals surface area contributed by atoms with E-state index in [1.807, 2.05) is 84.9 Å². The topological polar surface area (TPSA) is 55.4 Å². The summed E-state index contributed by atoms with van der Waals surface area (Å²) in [6.07, 6.45) is 0.619. The molecule has 30 heavy (non-hydrogen) atoms. The third kappa shape index (κ3) is 4.55. The third-order valence-corrected chi connectivity index (χ3v) is 4.87. The van der Waals surface area contributed by atoms with Crippen molar-refractivity contribution >= 4 is 28.3 Å². The van der Waals surface area contributed by atoms with Gasteiger partial charge in [-0.15, -0.1) is 0 Å². The standard InChI is InChI=1S/C26H21NO3/c28-25(27-24-16-8-13-20-11-4-6-14-22(20)24)18-30-26(29)23-15-7-5-12-21(23)17-19-9-2-1-3-10-19/h1-16H,17-18H2,(H,27,28). The molecule has 0 unspecified atom stereocenters. The molecule has 0 aliphatic carbocycles. The molecule has 4 aromatic rings. The molecule has 4 heteroatoms. The first-order valence-electron chi connectivity index (χ1n) is 9.77. The second kappa shape index (κ2) is 9.05. The van der Waals surface area contributed by atoms with Gasteiger partial charge in [0.15, 0.2) is 6.61 Å². The van der Waals surface area contributed by atoms with Crippen LogP contribution in [-0.2, 0) is 16.0 Å². The molecule has 4 nitrogen and oxygen atoms in total. The summed E-state index contributed by atoms with van der Waals surface area (Å²) in [6.45, 7) is -0.346. The minimum atomic E-state index is -0.505. The maximum Gasteiger partial charge on any atom is 0.338 e. The quantitative estimate of drug-likeness (QED) is 0.455. The van der Waals surface area contributed by atoms with E-state index < -0.39 is 5.97 Å². The zero-order valence-electron chi connectivity index (χ0n) is 16.4. The van der Waals surface area contributed by atoms with Crippen LogP contribution in [0.4, 0.5) is 5.69 Å². The van der Waals surface area contributed by atoms with Crippen LogP contribution in [0.2, 0.25) is 0 Å². The van der Waals surface area contributed by atoms with E-state index in [4.69, 9.17) is 4.74 Å². The van der Waals surface area contributed by atoms with Crippen LogP contribution in [0.3, 0.4) is 0 Å². The van der Waals surface area contributed by atoms with Crippen LogP contribution in [0.1, 0.15) is 21.5 Å². The Bertz CT molecular complexity index is 1180. The van der Waals surface area contributed by atoms with Gasteiger partial charge in [0.2, 0.25) is 0 Å². The molecular formula is C26H21NO3. The van der Waals surface area contributed by atoms with Gasteiger partial charge in [-0.3, -0.25) is 4.79 Å². The van der Waals surface area contributed by atoms with E-state index >= 15 is 0 Å². The zero-order chi connectivity index (χ0) is 20.8. The van der Waals surface area contributed by atoms with Crippen LogP contribution in [-0.4, -0.2) is 18.5 Å². The molecule has 148 valence electrons. The van der Waals surface area contributed by atoms with Crippen molar-refractivity contribution in [1.82, 2.24) is 0 Å². The summed E-state index contributed by atoms with van der Waals surface area (Å²) in [7, 11) is 0. The number of amides is 1. The van der Waals surface area contributed by atoms with Crippen LogP contribution in [0.15, 0.2) is 97.1 Å². The van der Waals surface area contributed by atoms with Gasteiger partial charge in [-0.25, -0.2) is 4.79 Å². The summed E-state index contributed by atoms with van der Waals surface area (Å²) >= 11 is 0. The van der Waals surface area contributed by atoms with E-state index in [1.165, 1.54) is 0 Å². The SMILES string of the molecule is O=C(COC(=O)c1ccccc1Cc1ccccc1)Nc1cccc2ccccc12. The van der Waals surface area contributed by atoms with E-state index in [9.17, 15) is 9.59 Å². The van der Waals surface area contributed by atoms with Gasteiger partial charge in [-0.1, -0.05) is 84.9 Å². The molecule has 0 aromatic heterocycles. The number of anilines is 1. The number of rotatable bonds is 6. The van der Waals surface area contributed by atoms with Gasteiger partial charge < -0.3 is 10.1 Å². The average Bonchev–Trinajstić information content (AvgIpc) is 2.79. The second-order valence-electron chi connectivity index (χ2n) is 6.97. The minimum Gasteiger partial charge on any atom is -0.452 e. The van der Waals surface area contributed by atoms with E-state index in [0.717, 1.165) is 21.9 Å². The molecule has 0 atom stereocenters. The largest absolute Gasteiger partial charge is 0.452 e. The lowest BCUT2D eigenvalue weighted by Crippen LogP contribution is -2.21. The number of hydrogen-bond donors (Lipinski definition) is 1. The van der Waals surface area contributed by atoms with Gasteiger partial charge in [-0.05, 0) is 35.1 Å². The first-order valence-corrected chi connectivity index (χ1v) is 9.77. The molecule has 1 N–H and O–H groups in total. The highest BCUT2D eigenvalue weighted by Gasteiger charge is 2.15. The predicted molar refractivity (Wildman–Crippen MR) is 119 cm³/mol. The van der Waals surface area contributed by atoms with Gasteiger partial charge in [-0.2, -0.15) is 0 Å². The summed E-state index contributed by atoms with van der Waals surface area (Å²) in [6, 6.07) is 30.7. The molecule has 0 bridgehead atoms. The number of nitrogens with one attached hydrogen (secondary N) is 1. The highest BCUT2D eigenvalue weighted by molar-refractivity contribution is 6.03. The van der Waals surface area contributed by atoms with Crippen molar-refractivity contribution in [2.45, 2.75) is 6.42 Å². The summed E-state index contributed by atoms with van der Waals surface area (Å²) in [5.41, 5.74) is 3.13. The lowest BCUT2D eigenvalue weighted by atomic mass is 10.00. The van der Waals surface area contributed by atoms with Gasteiger partial charge in [0.1, 0.15) is 0 Å². The van der Waals surface area contributed by atoms with E-state index in [1.54, 1.807) is 12.1 Å². The number of esters is 1. The molecule has 1 amide bonds. The van der Waals surface area contributed by atoms with Gasteiger partial charge in [0, 0.05) is 11.1 Å². The maximum atomic E-state index is 12.6. The highest BCUT2D eigenvalue weighted by atomic mass is 16.5. The molecule has 0 fully saturated rings. The normalized spacial score (nSPS) is 10.5. The fourth-order valence-corrected chi connectivity index (χ4v) is 3.42. The van der Waals surface area contributed by atoms with Crippen molar-refractivity contribution in [2.75, 3.05) is 11.9 Å². The summed E-state index contributed by atoms with van der Waals surface area (Å²) in [5.74, 6) is -0.880. The number of ether oxygens (including phenoxy) is 1. The molecule has 0 aliphatic rings. The molecule has 0 radical (unpaired) electrons. The minimum absolute atomic E-state index is 0.346. The Labute approximate surface area is 175 Å². The van der Waals surface area contributed by atoms with Crippen LogP contribution in [0.5, 0.6) is 0 Å². The maximum absolute atomic E-state index is 12.6. The van der Waals surface area contributed by atoms with E-state index in [0.29, 0.717) is 17.7 Å². The van der Waals surface area contributed by atoms with Crippen LogP contribution in [0, 0.1) is 0 Å². The van der Waals surface area contributed by atoms with Crippen molar-refractivity contribution in [3.8, 4) is 0 Å². The van der Waals surface area contributed by atoms with Crippen molar-refractivity contribution in [3.05, 3.63) is 114 Å². The average molecular weight is 395 g/mol. The van der Waals surface area contributed by atoms with Crippen molar-refractivity contribution < 1.29 is 14.3 Å². The Balaban J connectivity index is 1.42. The second-order valence-corrected chi connectivity index (χ2v) is 6.97. The van der Waals surface area contributed by atoms with Crippen LogP contribution < -0.4 is 5.32 Å². The molecular weight excluding hydrogens is 374 g/mol. The number of carbonyl (C=O) groups excluding carboxylic acids is 2. The smallest absolute Gasteiger partial charge is 0.338 e. The first-order chi connectivity index (χ1) is 14.7. The van der Waals surface area contributed by atoms with Crippen molar-refractivity contribution in [3.63, 3.8) is 0 Å². The Morgan fingerprint density at radius 1 is 0.733 bits per heavy atom. The summed E-state index contributed by atoms with van der Waals surface area (Å²) in [4.78, 5) is 25.0. The fourth-order valence-electron chi connectivity index (χ4n) is 3.42. The Morgan fingerprint density at radius 3 is 2.30 bits per heavy atom. The third-order valence-electron chi connectivity index (χ3n) is 4.87. The van der Waals surface area contributed by atoms with Crippen LogP contribution in [0.25, 0.3) is 10.8 Å². The Morgan fingerprint density at radius 2 is 1.43 bits per heavy atom. The lowest BCUT2D eigenvalue weighted by Gasteiger charge is -2.11. The zero-order valence-corrected chi connectivity index (χ0v) is 16.4. The molecule has 4 rings (SSSR count). The van der Waals surface area contributed by atoms with Gasteiger partial charge in [0.05, 0.1) is 5.56 Å². The Kier molecular flexibility index (Phi) is 5.85. The first kappa shape index (κ1) is 19.4. The molecule has 0 saturated carbocycles. The predicted octanol–water partition coefficient (Wildman–Crippen LogP) is 5.23. The molecule has 0 saturated heterocycles. The van der Waals surface area contributed by atoms with Crippen LogP contribution >= 0.6 is 0 Å². The summed E-state index contributed by atoms with van der Waals surface area (Å²) in [5, 5.41) is 4.80. The lowest BCUT2D eigenvalue weighted by molar-refractivity contribution is -0.119. The molecule has 0 heterocycles. The molecule has 0 spiro atoms. The number of hydrogen-bond acceptors (Lipinski definition) is 3. The van der Waals surface area contributed by atoms with Gasteiger partial charge >= 0.3 is 5.97 Å². The van der Waals surface area contributed by atoms with Crippen molar-refractivity contribution in [1.29, 1.82) is 0 Å². The van der Waals surface area contributed by atoms with E-state index in [2.05, 4.69) is 5.32 Å². The number of carbonyl (C=O) groups is 2. The van der Waals surface area contributed by atoms with Crippen molar-refractivity contribution in [2.24, 2.45) is 0 Å². The number of benzene rings is 4. The van der Waals surface area contributed by atoms with E-state index in [-0.39, 0.29) is 12.5 Å². The fraction of sp³-hybridized carbons (Fsp3) is 0.0769. The highest BCUT2D eigenvalue weighted by Crippen LogP contribution is 2.23.